The molecule has 0 saturated heterocycles. The fraction of sp³-hybridized carbons (Fsp3) is 0.158. The van der Waals surface area contributed by atoms with Crippen molar-refractivity contribution >= 4 is 16.6 Å². The molecule has 0 bridgehead atoms. The van der Waals surface area contributed by atoms with Crippen LogP contribution in [0.2, 0.25) is 0 Å². The van der Waals surface area contributed by atoms with Crippen LogP contribution >= 0.6 is 0 Å². The Balaban J connectivity index is 2.24. The van der Waals surface area contributed by atoms with Crippen molar-refractivity contribution in [3.05, 3.63) is 80.8 Å². The van der Waals surface area contributed by atoms with Gasteiger partial charge >= 0.3 is 0 Å². The molecule has 25 heavy (non-hydrogen) atoms. The molecule has 3 aromatic rings. The van der Waals surface area contributed by atoms with Gasteiger partial charge in [-0.3, -0.25) is 9.59 Å². The van der Waals surface area contributed by atoms with E-state index in [2.05, 4.69) is 4.98 Å². The Morgan fingerprint density at radius 1 is 1.12 bits per heavy atom. The van der Waals surface area contributed by atoms with E-state index < -0.39 is 29.0 Å². The number of hydrogen-bond donors (Lipinski definition) is 2. The summed E-state index contributed by atoms with van der Waals surface area (Å²) in [4.78, 5) is 27.5. The molecule has 1 unspecified atom stereocenters. The van der Waals surface area contributed by atoms with E-state index in [-0.39, 0.29) is 22.1 Å². The number of aromatic amines is 1. The smallest absolute Gasteiger partial charge is 0.256 e. The SMILES string of the molecule is Cc1cc2c(C(=O)c3c(F)cc(C(C)N)cc3F)cccc2c(=O)[nH]1. The minimum absolute atomic E-state index is 0.0676. The molecule has 0 aliphatic carbocycles. The van der Waals surface area contributed by atoms with E-state index in [9.17, 15) is 18.4 Å². The second-order valence-electron chi connectivity index (χ2n) is 6.03. The lowest BCUT2D eigenvalue weighted by molar-refractivity contribution is 0.103. The van der Waals surface area contributed by atoms with Crippen molar-refractivity contribution in [3.63, 3.8) is 0 Å². The lowest BCUT2D eigenvalue weighted by Crippen LogP contribution is -2.14. The molecule has 4 nitrogen and oxygen atoms in total. The third-order valence-corrected chi connectivity index (χ3v) is 4.08. The number of aromatic nitrogens is 1. The van der Waals surface area contributed by atoms with Gasteiger partial charge in [-0.2, -0.15) is 0 Å². The van der Waals surface area contributed by atoms with Gasteiger partial charge in [-0.1, -0.05) is 12.1 Å². The first-order chi connectivity index (χ1) is 11.8. The number of H-pyrrole nitrogens is 1. The van der Waals surface area contributed by atoms with Gasteiger partial charge in [-0.05, 0) is 43.7 Å². The van der Waals surface area contributed by atoms with Crippen LogP contribution in [0.3, 0.4) is 0 Å². The number of halogens is 2. The quantitative estimate of drug-likeness (QED) is 0.717. The molecule has 1 aromatic heterocycles. The number of pyridine rings is 1. The van der Waals surface area contributed by atoms with Crippen LogP contribution in [-0.2, 0) is 0 Å². The van der Waals surface area contributed by atoms with Gasteiger partial charge < -0.3 is 10.7 Å². The Labute approximate surface area is 142 Å². The van der Waals surface area contributed by atoms with Crippen LogP contribution in [0.1, 0.15) is 40.1 Å². The van der Waals surface area contributed by atoms with Gasteiger partial charge in [0.2, 0.25) is 0 Å². The first kappa shape index (κ1) is 17.0. The van der Waals surface area contributed by atoms with Crippen molar-refractivity contribution in [1.29, 1.82) is 0 Å². The number of nitrogens with two attached hydrogens (primary N) is 1. The zero-order valence-electron chi connectivity index (χ0n) is 13.7. The largest absolute Gasteiger partial charge is 0.326 e. The standard InChI is InChI=1S/C19H16F2N2O2/c1-9-6-14-12(4-3-5-13(14)19(25)23-9)18(24)17-15(20)7-11(10(2)22)8-16(17)21/h3-8,10H,22H2,1-2H3,(H,23,25). The van der Waals surface area contributed by atoms with E-state index in [1.165, 1.54) is 12.1 Å². The van der Waals surface area contributed by atoms with Crippen LogP contribution in [0, 0.1) is 18.6 Å². The Morgan fingerprint density at radius 3 is 2.36 bits per heavy atom. The van der Waals surface area contributed by atoms with E-state index in [0.717, 1.165) is 12.1 Å². The zero-order chi connectivity index (χ0) is 18.3. The highest BCUT2D eigenvalue weighted by Gasteiger charge is 2.23. The molecule has 0 spiro atoms. The molecule has 1 heterocycles. The highest BCUT2D eigenvalue weighted by Crippen LogP contribution is 2.25. The number of nitrogens with one attached hydrogen (secondary N) is 1. The van der Waals surface area contributed by atoms with Crippen molar-refractivity contribution in [2.24, 2.45) is 5.73 Å². The molecule has 0 aliphatic rings. The summed E-state index contributed by atoms with van der Waals surface area (Å²) in [5, 5.41) is 0.633. The summed E-state index contributed by atoms with van der Waals surface area (Å²) in [6.45, 7) is 3.26. The van der Waals surface area contributed by atoms with Gasteiger partial charge in [0.15, 0.2) is 5.78 Å². The molecule has 0 amide bonds. The van der Waals surface area contributed by atoms with Crippen molar-refractivity contribution in [2.45, 2.75) is 19.9 Å². The topological polar surface area (TPSA) is 76.0 Å². The second-order valence-corrected chi connectivity index (χ2v) is 6.03. The Bertz CT molecular complexity index is 1030. The zero-order valence-corrected chi connectivity index (χ0v) is 13.7. The van der Waals surface area contributed by atoms with Gasteiger partial charge in [0.25, 0.3) is 5.56 Å². The Morgan fingerprint density at radius 2 is 1.76 bits per heavy atom. The van der Waals surface area contributed by atoms with E-state index in [0.29, 0.717) is 11.1 Å². The molecular formula is C19H16F2N2O2. The first-order valence-electron chi connectivity index (χ1n) is 7.71. The minimum atomic E-state index is -0.976. The Hall–Kier alpha value is -2.86. The fourth-order valence-corrected chi connectivity index (χ4v) is 2.82. The van der Waals surface area contributed by atoms with E-state index in [1.807, 2.05) is 0 Å². The summed E-state index contributed by atoms with van der Waals surface area (Å²) in [5.41, 5.74) is 5.50. The summed E-state index contributed by atoms with van der Waals surface area (Å²) in [5.74, 6) is -2.77. The molecule has 128 valence electrons. The van der Waals surface area contributed by atoms with Crippen LogP contribution in [-0.4, -0.2) is 10.8 Å². The third kappa shape index (κ3) is 2.96. The van der Waals surface area contributed by atoms with Gasteiger partial charge in [0, 0.05) is 28.1 Å². The van der Waals surface area contributed by atoms with Gasteiger partial charge in [-0.15, -0.1) is 0 Å². The molecule has 0 radical (unpaired) electrons. The number of benzene rings is 2. The summed E-state index contributed by atoms with van der Waals surface area (Å²) in [6, 6.07) is 7.67. The van der Waals surface area contributed by atoms with E-state index in [4.69, 9.17) is 5.73 Å². The summed E-state index contributed by atoms with van der Waals surface area (Å²) < 4.78 is 28.8. The van der Waals surface area contributed by atoms with Crippen molar-refractivity contribution in [3.8, 4) is 0 Å². The van der Waals surface area contributed by atoms with Crippen LogP contribution in [0.15, 0.2) is 41.2 Å². The molecule has 3 rings (SSSR count). The molecule has 1 atom stereocenters. The highest BCUT2D eigenvalue weighted by molar-refractivity contribution is 6.16. The number of ketones is 1. The summed E-state index contributed by atoms with van der Waals surface area (Å²) in [6.07, 6.45) is 0. The van der Waals surface area contributed by atoms with Crippen LogP contribution < -0.4 is 11.3 Å². The van der Waals surface area contributed by atoms with Crippen LogP contribution in [0.25, 0.3) is 10.8 Å². The molecule has 0 saturated carbocycles. The van der Waals surface area contributed by atoms with E-state index in [1.54, 1.807) is 26.0 Å². The number of aryl methyl sites for hydroxylation is 1. The van der Waals surface area contributed by atoms with Crippen molar-refractivity contribution < 1.29 is 13.6 Å². The summed E-state index contributed by atoms with van der Waals surface area (Å²) >= 11 is 0. The minimum Gasteiger partial charge on any atom is -0.326 e. The predicted molar refractivity (Wildman–Crippen MR) is 91.7 cm³/mol. The number of carbonyl (C=O) groups is 1. The number of fused-ring (bicyclic) bond motifs is 1. The predicted octanol–water partition coefficient (Wildman–Crippen LogP) is 3.37. The summed E-state index contributed by atoms with van der Waals surface area (Å²) in [7, 11) is 0. The van der Waals surface area contributed by atoms with Gasteiger partial charge in [0.05, 0.1) is 5.56 Å². The molecule has 6 heteroatoms. The molecule has 0 aliphatic heterocycles. The van der Waals surface area contributed by atoms with Crippen LogP contribution in [0.5, 0.6) is 0 Å². The maximum absolute atomic E-state index is 14.4. The van der Waals surface area contributed by atoms with Crippen LogP contribution in [0.4, 0.5) is 8.78 Å². The Kier molecular flexibility index (Phi) is 4.22. The molecule has 0 fully saturated rings. The fourth-order valence-electron chi connectivity index (χ4n) is 2.82. The monoisotopic (exact) mass is 342 g/mol. The molecular weight excluding hydrogens is 326 g/mol. The maximum atomic E-state index is 14.4. The second kappa shape index (κ2) is 6.22. The highest BCUT2D eigenvalue weighted by atomic mass is 19.1. The molecule has 3 N–H and O–H groups in total. The third-order valence-electron chi connectivity index (χ3n) is 4.08. The van der Waals surface area contributed by atoms with Gasteiger partial charge in [0.1, 0.15) is 11.6 Å². The van der Waals surface area contributed by atoms with E-state index >= 15 is 0 Å². The number of hydrogen-bond acceptors (Lipinski definition) is 3. The molecule has 2 aromatic carbocycles. The lowest BCUT2D eigenvalue weighted by atomic mass is 9.95. The first-order valence-corrected chi connectivity index (χ1v) is 7.71. The van der Waals surface area contributed by atoms with Gasteiger partial charge in [-0.25, -0.2) is 8.78 Å². The number of rotatable bonds is 3. The average molecular weight is 342 g/mol. The normalized spacial score (nSPS) is 12.4. The van der Waals surface area contributed by atoms with Crippen molar-refractivity contribution in [1.82, 2.24) is 4.98 Å². The average Bonchev–Trinajstić information content (AvgIpc) is 2.53. The number of carbonyl (C=O) groups excluding carboxylic acids is 1. The van der Waals surface area contributed by atoms with Crippen molar-refractivity contribution in [2.75, 3.05) is 0 Å². The maximum Gasteiger partial charge on any atom is 0.256 e. The lowest BCUT2D eigenvalue weighted by Gasteiger charge is -2.11.